The van der Waals surface area contributed by atoms with Gasteiger partial charge in [-0.2, -0.15) is 0 Å². The molecule has 0 aromatic heterocycles. The predicted molar refractivity (Wildman–Crippen MR) is 408 cm³/mol. The summed E-state index contributed by atoms with van der Waals surface area (Å²) in [6.07, 6.45) is 91.0. The average molecular weight is 1420 g/mol. The van der Waals surface area contributed by atoms with Gasteiger partial charge in [0.15, 0.2) is 6.10 Å². The Kier molecular flexibility index (Phi) is 69.0. The van der Waals surface area contributed by atoms with Crippen LogP contribution in [0.15, 0.2) is 170 Å². The minimum atomic E-state index is -4.95. The molecule has 0 aromatic carbocycles. The molecule has 0 amide bonds. The maximum atomic E-state index is 13.0. The molecule has 0 saturated carbocycles. The number of allylic oxidation sites excluding steroid dienone is 28. The van der Waals surface area contributed by atoms with Crippen LogP contribution in [0.4, 0.5) is 0 Å². The molecule has 0 aliphatic heterocycles. The van der Waals surface area contributed by atoms with E-state index in [9.17, 15) is 43.5 Å². The zero-order chi connectivity index (χ0) is 72.3. The zero-order valence-electron chi connectivity index (χ0n) is 61.1. The molecule has 0 rings (SSSR count). The van der Waals surface area contributed by atoms with E-state index in [-0.39, 0.29) is 19.3 Å². The highest BCUT2D eigenvalue weighted by Gasteiger charge is 2.29. The van der Waals surface area contributed by atoms with E-state index in [2.05, 4.69) is 191 Å². The Hall–Kier alpha value is -5.09. The van der Waals surface area contributed by atoms with Gasteiger partial charge in [0.2, 0.25) is 0 Å². The fourth-order valence-electron chi connectivity index (χ4n) is 9.25. The molecule has 4 N–H and O–H groups in total. The van der Waals surface area contributed by atoms with Crippen LogP contribution >= 0.6 is 15.6 Å². The lowest BCUT2D eigenvalue weighted by molar-refractivity contribution is -0.161. The lowest BCUT2D eigenvalue weighted by atomic mass is 10.1. The van der Waals surface area contributed by atoms with Gasteiger partial charge in [-0.05, 0) is 154 Å². The van der Waals surface area contributed by atoms with Crippen LogP contribution in [0.3, 0.4) is 0 Å². The summed E-state index contributed by atoms with van der Waals surface area (Å²) in [7, 11) is -9.82. The van der Waals surface area contributed by atoms with E-state index in [4.69, 9.17) is 32.3 Å². The number of hydrogen-bond acceptors (Lipinski definition) is 14. The van der Waals surface area contributed by atoms with Gasteiger partial charge in [0, 0.05) is 19.3 Å². The van der Waals surface area contributed by atoms with Crippen molar-refractivity contribution < 1.29 is 75.8 Å². The number of rotatable bonds is 69. The van der Waals surface area contributed by atoms with Gasteiger partial charge in [-0.15, -0.1) is 0 Å². The summed E-state index contributed by atoms with van der Waals surface area (Å²) in [5, 5.41) is 20.6. The van der Waals surface area contributed by atoms with Crippen molar-refractivity contribution >= 4 is 33.6 Å². The Morgan fingerprint density at radius 1 is 0.293 bits per heavy atom. The summed E-state index contributed by atoms with van der Waals surface area (Å²) >= 11 is 0. The first-order valence-electron chi connectivity index (χ1n) is 37.4. The highest BCUT2D eigenvalue weighted by atomic mass is 31.2. The first-order valence-corrected chi connectivity index (χ1v) is 40.4. The number of aliphatic hydroxyl groups excluding tert-OH is 2. The van der Waals surface area contributed by atoms with Gasteiger partial charge in [-0.1, -0.05) is 262 Å². The summed E-state index contributed by atoms with van der Waals surface area (Å²) in [4.78, 5) is 58.6. The minimum Gasteiger partial charge on any atom is -0.463 e. The Bertz CT molecular complexity index is 2480. The molecular formula is C81H132O16P2. The molecule has 0 aliphatic rings. The van der Waals surface area contributed by atoms with Crippen LogP contribution < -0.4 is 0 Å². The van der Waals surface area contributed by atoms with Crippen molar-refractivity contribution in [1.29, 1.82) is 0 Å². The minimum absolute atomic E-state index is 0.0669. The monoisotopic (exact) mass is 1420 g/mol. The molecular weight excluding hydrogens is 1290 g/mol. The number of ether oxygens (including phenoxy) is 3. The molecule has 16 nitrogen and oxygen atoms in total. The summed E-state index contributed by atoms with van der Waals surface area (Å²) in [6.45, 7) is 2.32. The van der Waals surface area contributed by atoms with Gasteiger partial charge in [-0.3, -0.25) is 32.5 Å². The molecule has 5 atom stereocenters. The van der Waals surface area contributed by atoms with Gasteiger partial charge in [-0.25, -0.2) is 9.13 Å². The summed E-state index contributed by atoms with van der Waals surface area (Å²) in [6, 6.07) is 0. The molecule has 0 spiro atoms. The third-order valence-electron chi connectivity index (χ3n) is 14.9. The van der Waals surface area contributed by atoms with Crippen LogP contribution in [0, 0.1) is 0 Å². The second-order valence-electron chi connectivity index (χ2n) is 24.3. The Balaban J connectivity index is 4.74. The maximum Gasteiger partial charge on any atom is 0.472 e. The number of unbranched alkanes of at least 4 members (excludes halogenated alkanes) is 18. The number of esters is 3. The van der Waals surface area contributed by atoms with Crippen molar-refractivity contribution in [2.24, 2.45) is 0 Å². The molecule has 99 heavy (non-hydrogen) atoms. The fourth-order valence-corrected chi connectivity index (χ4v) is 10.8. The molecule has 0 aromatic rings. The third-order valence-corrected chi connectivity index (χ3v) is 16.8. The van der Waals surface area contributed by atoms with Crippen LogP contribution in [0.2, 0.25) is 0 Å². The van der Waals surface area contributed by atoms with Gasteiger partial charge in [0.1, 0.15) is 25.4 Å². The Morgan fingerprint density at radius 3 is 0.848 bits per heavy atom. The van der Waals surface area contributed by atoms with Gasteiger partial charge < -0.3 is 34.2 Å². The van der Waals surface area contributed by atoms with E-state index in [1.807, 2.05) is 0 Å². The molecule has 0 heterocycles. The van der Waals surface area contributed by atoms with Crippen molar-refractivity contribution in [1.82, 2.24) is 0 Å². The van der Waals surface area contributed by atoms with Crippen molar-refractivity contribution in [2.75, 3.05) is 39.6 Å². The molecule has 0 bridgehead atoms. The number of phosphoric acid groups is 2. The maximum absolute atomic E-state index is 13.0. The quantitative estimate of drug-likeness (QED) is 0.0146. The average Bonchev–Trinajstić information content (AvgIpc) is 2.19. The lowest BCUT2D eigenvalue weighted by Crippen LogP contribution is -2.30. The van der Waals surface area contributed by atoms with Crippen molar-refractivity contribution in [3.8, 4) is 0 Å². The van der Waals surface area contributed by atoms with Crippen molar-refractivity contribution in [3.05, 3.63) is 170 Å². The number of phosphoric ester groups is 2. The van der Waals surface area contributed by atoms with Crippen molar-refractivity contribution in [2.45, 2.75) is 283 Å². The van der Waals surface area contributed by atoms with Crippen LogP contribution in [-0.2, 0) is 55.8 Å². The number of hydrogen-bond donors (Lipinski definition) is 4. The SMILES string of the molecule is CC/C=C\C/C=C\C/C=C\C/C=C\C/C=C\C/C=C\CCCCCCC(=O)OCC(O)COP(=O)(O)OCC(O)COP(=O)(O)OCC(COC(=O)CCCCCCCCC/C=C\C/C=C\C/C=C\C/C=C\CCCCC)OC(=O)CCCCCC/C=C\C/C=C\C/C=C\C/C=C\CC. The summed E-state index contributed by atoms with van der Waals surface area (Å²) in [5.74, 6) is -1.65. The standard InChI is InChI=1S/C81H132O16P2/c1-4-7-10-13-16-19-22-25-28-31-33-35-37-39-41-44-46-49-52-55-58-61-64-67-79(84)91-70-76(82)71-93-98(87,88)94-72-77(83)73-95-99(89,90)96-75-78(97-81(86)69-66-63-60-57-54-51-48-43-30-27-24-21-18-15-12-9-6-3)74-92-80(85)68-65-62-59-56-53-50-47-45-42-40-38-36-34-32-29-26-23-20-17-14-11-8-5-2/h7,9-10,12,16-21,25-30,33-36,39-42,46,48-49,51,76-78,82-83H,4-6,8,11,13-15,22-24,31-32,37-38,43-45,47,50,52-75H2,1-3H3,(H,87,88)(H,89,90)/b10-7-,12-9-,19-16-,20-17-,21-18-,28-25-,29-26-,30-27-,35-33-,36-34-,41-39-,42-40-,49-46-,51-48-. The Labute approximate surface area is 599 Å². The lowest BCUT2D eigenvalue weighted by Gasteiger charge is -2.21. The zero-order valence-corrected chi connectivity index (χ0v) is 62.9. The largest absolute Gasteiger partial charge is 0.472 e. The van der Waals surface area contributed by atoms with Gasteiger partial charge in [0.05, 0.1) is 26.4 Å². The number of aliphatic hydroxyl groups is 2. The van der Waals surface area contributed by atoms with E-state index in [0.29, 0.717) is 19.3 Å². The molecule has 0 fully saturated rings. The topological polar surface area (TPSA) is 231 Å². The molecule has 0 aliphatic carbocycles. The van der Waals surface area contributed by atoms with Crippen molar-refractivity contribution in [3.63, 3.8) is 0 Å². The first-order chi connectivity index (χ1) is 48.2. The number of carbonyl (C=O) groups is 3. The van der Waals surface area contributed by atoms with Crippen LogP contribution in [-0.4, -0.2) is 95.9 Å². The van der Waals surface area contributed by atoms with E-state index < -0.39 is 91.5 Å². The Morgan fingerprint density at radius 2 is 0.535 bits per heavy atom. The molecule has 18 heteroatoms. The molecule has 562 valence electrons. The molecule has 0 saturated heterocycles. The van der Waals surface area contributed by atoms with Gasteiger partial charge in [0.25, 0.3) is 0 Å². The third kappa shape index (κ3) is 73.9. The highest BCUT2D eigenvalue weighted by molar-refractivity contribution is 7.47. The smallest absolute Gasteiger partial charge is 0.463 e. The molecule has 5 unspecified atom stereocenters. The van der Waals surface area contributed by atoms with E-state index in [1.165, 1.54) is 25.7 Å². The van der Waals surface area contributed by atoms with Crippen LogP contribution in [0.1, 0.15) is 265 Å². The highest BCUT2D eigenvalue weighted by Crippen LogP contribution is 2.45. The fraction of sp³-hybridized carbons (Fsp3) is 0.617. The van der Waals surface area contributed by atoms with E-state index in [1.54, 1.807) is 0 Å². The predicted octanol–water partition coefficient (Wildman–Crippen LogP) is 21.6. The van der Waals surface area contributed by atoms with E-state index in [0.717, 1.165) is 180 Å². The van der Waals surface area contributed by atoms with Crippen LogP contribution in [0.25, 0.3) is 0 Å². The molecule has 0 radical (unpaired) electrons. The normalized spacial score (nSPS) is 15.0. The second kappa shape index (κ2) is 72.7. The first kappa shape index (κ1) is 93.9. The van der Waals surface area contributed by atoms with Crippen LogP contribution in [0.5, 0.6) is 0 Å². The van der Waals surface area contributed by atoms with Gasteiger partial charge >= 0.3 is 33.6 Å². The summed E-state index contributed by atoms with van der Waals surface area (Å²) < 4.78 is 61.0. The number of carbonyl (C=O) groups excluding carboxylic acids is 3. The van der Waals surface area contributed by atoms with E-state index >= 15 is 0 Å². The summed E-state index contributed by atoms with van der Waals surface area (Å²) in [5.41, 5.74) is 0. The second-order valence-corrected chi connectivity index (χ2v) is 27.2.